The van der Waals surface area contributed by atoms with Crippen LogP contribution in [0.3, 0.4) is 0 Å². The van der Waals surface area contributed by atoms with Crippen LogP contribution in [0.25, 0.3) is 0 Å². The molecule has 0 aromatic rings. The van der Waals surface area contributed by atoms with Gasteiger partial charge >= 0.3 is 5.97 Å². The van der Waals surface area contributed by atoms with Crippen molar-refractivity contribution in [1.82, 2.24) is 5.32 Å². The predicted molar refractivity (Wildman–Crippen MR) is 73.4 cm³/mol. The summed E-state index contributed by atoms with van der Waals surface area (Å²) in [6, 6.07) is -1.09. The van der Waals surface area contributed by atoms with Gasteiger partial charge in [0.1, 0.15) is 0 Å². The number of nitrogens with one attached hydrogen (secondary N) is 1. The summed E-state index contributed by atoms with van der Waals surface area (Å²) in [5, 5.41) is 2.91. The average Bonchev–Trinajstić information content (AvgIpc) is 2.44. The Hall–Kier alpha value is -1.10. The highest BCUT2D eigenvalue weighted by Gasteiger charge is 2.28. The number of hydrogen-bond acceptors (Lipinski definition) is 4. The fraction of sp³-hybridized carbons (Fsp3) is 0.857. The Morgan fingerprint density at radius 2 is 1.89 bits per heavy atom. The van der Waals surface area contributed by atoms with Gasteiger partial charge in [-0.25, -0.2) is 4.79 Å². The van der Waals surface area contributed by atoms with Crippen LogP contribution in [0, 0.1) is 5.92 Å². The molecule has 5 nitrogen and oxygen atoms in total. The number of carbonyl (C=O) groups excluding carboxylic acids is 2. The lowest BCUT2D eigenvalue weighted by Crippen LogP contribution is -2.51. The number of nitrogens with two attached hydrogens (primary N) is 1. The average molecular weight is 270 g/mol. The molecule has 3 N–H and O–H groups in total. The molecule has 2 unspecified atom stereocenters. The highest BCUT2D eigenvalue weighted by molar-refractivity contribution is 6.01. The van der Waals surface area contributed by atoms with Gasteiger partial charge in [-0.15, -0.1) is 0 Å². The monoisotopic (exact) mass is 270 g/mol. The zero-order chi connectivity index (χ0) is 14.3. The number of ether oxygens (including phenoxy) is 1. The Morgan fingerprint density at radius 3 is 2.42 bits per heavy atom. The van der Waals surface area contributed by atoms with E-state index in [4.69, 9.17) is 10.5 Å². The van der Waals surface area contributed by atoms with Gasteiger partial charge in [-0.05, 0) is 32.1 Å². The third-order valence-electron chi connectivity index (χ3n) is 3.81. The molecule has 0 aromatic heterocycles. The lowest BCUT2D eigenvalue weighted by molar-refractivity contribution is -0.148. The highest BCUT2D eigenvalue weighted by atomic mass is 16.5. The van der Waals surface area contributed by atoms with Crippen molar-refractivity contribution in [2.24, 2.45) is 11.7 Å². The Morgan fingerprint density at radius 1 is 1.26 bits per heavy atom. The maximum Gasteiger partial charge on any atom is 0.332 e. The van der Waals surface area contributed by atoms with E-state index >= 15 is 0 Å². The van der Waals surface area contributed by atoms with E-state index in [2.05, 4.69) is 12.2 Å². The summed E-state index contributed by atoms with van der Waals surface area (Å²) >= 11 is 0. The molecule has 0 aliphatic heterocycles. The SMILES string of the molecule is CCOC(=O)C(N)C(=O)NC(CC)C1CCCCC1. The summed E-state index contributed by atoms with van der Waals surface area (Å²) in [6.07, 6.45) is 6.89. The van der Waals surface area contributed by atoms with Gasteiger partial charge in [-0.3, -0.25) is 4.79 Å². The van der Waals surface area contributed by atoms with Gasteiger partial charge in [-0.1, -0.05) is 26.2 Å². The zero-order valence-electron chi connectivity index (χ0n) is 12.0. The third-order valence-corrected chi connectivity index (χ3v) is 3.81. The fourth-order valence-electron chi connectivity index (χ4n) is 2.70. The Kier molecular flexibility index (Phi) is 6.84. The van der Waals surface area contributed by atoms with Crippen LogP contribution in [0.5, 0.6) is 0 Å². The first-order chi connectivity index (χ1) is 9.10. The molecule has 1 fully saturated rings. The molecule has 0 bridgehead atoms. The highest BCUT2D eigenvalue weighted by Crippen LogP contribution is 2.27. The molecular weight excluding hydrogens is 244 g/mol. The second-order valence-corrected chi connectivity index (χ2v) is 5.15. The van der Waals surface area contributed by atoms with E-state index < -0.39 is 17.9 Å². The van der Waals surface area contributed by atoms with Crippen molar-refractivity contribution < 1.29 is 14.3 Å². The van der Waals surface area contributed by atoms with Gasteiger partial charge in [0.2, 0.25) is 5.91 Å². The van der Waals surface area contributed by atoms with E-state index in [1.54, 1.807) is 6.92 Å². The lowest BCUT2D eigenvalue weighted by atomic mass is 9.83. The van der Waals surface area contributed by atoms with E-state index in [9.17, 15) is 9.59 Å². The van der Waals surface area contributed by atoms with Crippen molar-refractivity contribution in [3.63, 3.8) is 0 Å². The van der Waals surface area contributed by atoms with E-state index in [-0.39, 0.29) is 12.6 Å². The van der Waals surface area contributed by atoms with Crippen LogP contribution in [0.1, 0.15) is 52.4 Å². The van der Waals surface area contributed by atoms with Gasteiger partial charge in [0.05, 0.1) is 6.61 Å². The topological polar surface area (TPSA) is 81.4 Å². The van der Waals surface area contributed by atoms with Gasteiger partial charge in [0.15, 0.2) is 6.04 Å². The summed E-state index contributed by atoms with van der Waals surface area (Å²) in [5.41, 5.74) is 5.59. The van der Waals surface area contributed by atoms with E-state index in [0.717, 1.165) is 19.3 Å². The number of esters is 1. The van der Waals surface area contributed by atoms with E-state index in [1.807, 2.05) is 0 Å². The molecular formula is C14H26N2O3. The summed E-state index contributed by atoms with van der Waals surface area (Å²) < 4.78 is 4.76. The lowest BCUT2D eigenvalue weighted by Gasteiger charge is -2.30. The van der Waals surface area contributed by atoms with Crippen LogP contribution >= 0.6 is 0 Å². The minimum Gasteiger partial charge on any atom is -0.464 e. The van der Waals surface area contributed by atoms with Gasteiger partial charge in [-0.2, -0.15) is 0 Å². The third kappa shape index (κ3) is 4.82. The number of carbonyl (C=O) groups is 2. The van der Waals surface area contributed by atoms with E-state index in [1.165, 1.54) is 19.3 Å². The maximum absolute atomic E-state index is 11.9. The standard InChI is InChI=1S/C14H26N2O3/c1-3-11(10-8-6-5-7-9-10)16-13(17)12(15)14(18)19-4-2/h10-12H,3-9,15H2,1-2H3,(H,16,17). The quantitative estimate of drug-likeness (QED) is 0.564. The normalized spacial score (nSPS) is 19.5. The van der Waals surface area contributed by atoms with Crippen LogP contribution in [-0.4, -0.2) is 30.6 Å². The first kappa shape index (κ1) is 16.0. The van der Waals surface area contributed by atoms with Crippen molar-refractivity contribution in [2.45, 2.75) is 64.5 Å². The Labute approximate surface area is 115 Å². The molecule has 1 amide bonds. The van der Waals surface area contributed by atoms with Crippen LogP contribution < -0.4 is 11.1 Å². The molecule has 1 rings (SSSR count). The van der Waals surface area contributed by atoms with Crippen molar-refractivity contribution in [3.8, 4) is 0 Å². The number of amides is 1. The minimum absolute atomic E-state index is 0.119. The van der Waals surface area contributed by atoms with Gasteiger partial charge in [0.25, 0.3) is 0 Å². The molecule has 19 heavy (non-hydrogen) atoms. The Bertz CT molecular complexity index is 301. The first-order valence-corrected chi connectivity index (χ1v) is 7.32. The molecule has 1 aliphatic rings. The molecule has 5 heteroatoms. The van der Waals surface area contributed by atoms with Crippen LogP contribution in [0.2, 0.25) is 0 Å². The molecule has 1 aliphatic carbocycles. The molecule has 0 heterocycles. The second-order valence-electron chi connectivity index (χ2n) is 5.15. The van der Waals surface area contributed by atoms with Crippen LogP contribution in [0.15, 0.2) is 0 Å². The molecule has 0 radical (unpaired) electrons. The molecule has 2 atom stereocenters. The van der Waals surface area contributed by atoms with Gasteiger partial charge in [0, 0.05) is 6.04 Å². The Balaban J connectivity index is 2.49. The molecule has 1 saturated carbocycles. The molecule has 110 valence electrons. The zero-order valence-corrected chi connectivity index (χ0v) is 12.0. The number of rotatable bonds is 6. The number of hydrogen-bond donors (Lipinski definition) is 2. The van der Waals surface area contributed by atoms with E-state index in [0.29, 0.717) is 5.92 Å². The van der Waals surface area contributed by atoms with Crippen LogP contribution in [0.4, 0.5) is 0 Å². The fourth-order valence-corrected chi connectivity index (χ4v) is 2.70. The summed E-state index contributed by atoms with van der Waals surface area (Å²) in [6.45, 7) is 3.98. The smallest absolute Gasteiger partial charge is 0.332 e. The maximum atomic E-state index is 11.9. The second kappa shape index (κ2) is 8.15. The van der Waals surface area contributed by atoms with Crippen LogP contribution in [-0.2, 0) is 14.3 Å². The van der Waals surface area contributed by atoms with Gasteiger partial charge < -0.3 is 15.8 Å². The van der Waals surface area contributed by atoms with Crippen molar-refractivity contribution >= 4 is 11.9 Å². The summed E-state index contributed by atoms with van der Waals surface area (Å²) in [4.78, 5) is 23.4. The molecule has 0 saturated heterocycles. The first-order valence-electron chi connectivity index (χ1n) is 7.32. The largest absolute Gasteiger partial charge is 0.464 e. The summed E-state index contributed by atoms with van der Waals surface area (Å²) in [5.74, 6) is -0.563. The molecule has 0 aromatic carbocycles. The van der Waals surface area contributed by atoms with Crippen molar-refractivity contribution in [2.75, 3.05) is 6.61 Å². The van der Waals surface area contributed by atoms with Crippen molar-refractivity contribution in [1.29, 1.82) is 0 Å². The van der Waals surface area contributed by atoms with Crippen molar-refractivity contribution in [3.05, 3.63) is 0 Å². The molecule has 0 spiro atoms. The predicted octanol–water partition coefficient (Wildman–Crippen LogP) is 1.35. The summed E-state index contributed by atoms with van der Waals surface area (Å²) in [7, 11) is 0. The minimum atomic E-state index is -1.21.